The van der Waals surface area contributed by atoms with Gasteiger partial charge < -0.3 is 5.32 Å². The zero-order valence-electron chi connectivity index (χ0n) is 9.78. The molecule has 0 aliphatic carbocycles. The molecule has 0 radical (unpaired) electrons. The second kappa shape index (κ2) is 5.98. The van der Waals surface area contributed by atoms with E-state index in [1.807, 2.05) is 14.1 Å². The summed E-state index contributed by atoms with van der Waals surface area (Å²) in [4.78, 5) is 0. The standard InChI is InChI=1S/C11H11Br2IN4/c1-15-9(10-11(13)16-17-18(10)2)7-5-6(14)3-4-8(7)12/h3-5,9,15H,1-2H3. The molecule has 0 saturated heterocycles. The Hall–Kier alpha value is 0.01000. The third-order valence-corrected chi connectivity index (χ3v) is 4.62. The topological polar surface area (TPSA) is 42.7 Å². The highest BCUT2D eigenvalue weighted by atomic mass is 127. The van der Waals surface area contributed by atoms with Gasteiger partial charge in [-0.05, 0) is 69.3 Å². The molecule has 0 amide bonds. The number of rotatable bonds is 3. The second-order valence-corrected chi connectivity index (χ2v) is 6.63. The summed E-state index contributed by atoms with van der Waals surface area (Å²) in [6.45, 7) is 0. The Labute approximate surface area is 136 Å². The largest absolute Gasteiger partial charge is 0.308 e. The van der Waals surface area contributed by atoms with E-state index in [9.17, 15) is 0 Å². The molecule has 18 heavy (non-hydrogen) atoms. The van der Waals surface area contributed by atoms with Crippen molar-refractivity contribution in [1.82, 2.24) is 20.3 Å². The van der Waals surface area contributed by atoms with Crippen LogP contribution >= 0.6 is 54.5 Å². The predicted octanol–water partition coefficient (Wildman–Crippen LogP) is 3.25. The molecule has 2 aromatic rings. The van der Waals surface area contributed by atoms with Gasteiger partial charge in [0.1, 0.15) is 0 Å². The molecule has 0 saturated carbocycles. The summed E-state index contributed by atoms with van der Waals surface area (Å²) in [5.74, 6) is 0. The summed E-state index contributed by atoms with van der Waals surface area (Å²) >= 11 is 9.35. The molecule has 1 atom stereocenters. The van der Waals surface area contributed by atoms with E-state index >= 15 is 0 Å². The summed E-state index contributed by atoms with van der Waals surface area (Å²) in [7, 11) is 3.82. The number of nitrogens with zero attached hydrogens (tertiary/aromatic N) is 3. The Balaban J connectivity index is 2.55. The number of benzene rings is 1. The molecule has 4 nitrogen and oxygen atoms in total. The maximum atomic E-state index is 4.04. The minimum Gasteiger partial charge on any atom is -0.308 e. The van der Waals surface area contributed by atoms with Crippen LogP contribution in [0.4, 0.5) is 0 Å². The zero-order valence-corrected chi connectivity index (χ0v) is 15.1. The van der Waals surface area contributed by atoms with Crippen LogP contribution in [0.5, 0.6) is 0 Å². The number of hydrogen-bond acceptors (Lipinski definition) is 3. The van der Waals surface area contributed by atoms with Crippen molar-refractivity contribution < 1.29 is 0 Å². The predicted molar refractivity (Wildman–Crippen MR) is 86.5 cm³/mol. The van der Waals surface area contributed by atoms with E-state index in [1.165, 1.54) is 3.57 Å². The molecule has 1 heterocycles. The van der Waals surface area contributed by atoms with Crippen LogP contribution in [0.3, 0.4) is 0 Å². The fourth-order valence-electron chi connectivity index (χ4n) is 1.82. The van der Waals surface area contributed by atoms with Gasteiger partial charge in [0.15, 0.2) is 4.60 Å². The first-order chi connectivity index (χ1) is 8.54. The first-order valence-electron chi connectivity index (χ1n) is 5.22. The maximum absolute atomic E-state index is 4.04. The average molecular weight is 486 g/mol. The van der Waals surface area contributed by atoms with Crippen molar-refractivity contribution >= 4 is 54.5 Å². The number of nitrogens with one attached hydrogen (secondary N) is 1. The molecule has 1 aromatic heterocycles. The van der Waals surface area contributed by atoms with Gasteiger partial charge in [-0.3, -0.25) is 0 Å². The molecule has 0 spiro atoms. The van der Waals surface area contributed by atoms with E-state index in [2.05, 4.69) is 88.3 Å². The Morgan fingerprint density at radius 2 is 2.11 bits per heavy atom. The lowest BCUT2D eigenvalue weighted by atomic mass is 10.0. The molecule has 1 unspecified atom stereocenters. The third kappa shape index (κ3) is 2.78. The number of hydrogen-bond donors (Lipinski definition) is 1. The SMILES string of the molecule is CNC(c1cc(I)ccc1Br)c1c(Br)nnn1C. The summed E-state index contributed by atoms with van der Waals surface area (Å²) in [6.07, 6.45) is 0. The highest BCUT2D eigenvalue weighted by molar-refractivity contribution is 14.1. The molecule has 0 fully saturated rings. The molecular weight excluding hydrogens is 475 g/mol. The van der Waals surface area contributed by atoms with E-state index in [0.717, 1.165) is 20.3 Å². The van der Waals surface area contributed by atoms with Crippen LogP contribution in [-0.2, 0) is 7.05 Å². The van der Waals surface area contributed by atoms with Gasteiger partial charge in [-0.15, -0.1) is 5.10 Å². The van der Waals surface area contributed by atoms with Crippen LogP contribution in [-0.4, -0.2) is 22.0 Å². The van der Waals surface area contributed by atoms with Crippen molar-refractivity contribution in [1.29, 1.82) is 0 Å². The Kier molecular flexibility index (Phi) is 4.79. The Bertz CT molecular complexity index is 551. The second-order valence-electron chi connectivity index (χ2n) is 3.78. The fraction of sp³-hybridized carbons (Fsp3) is 0.273. The highest BCUT2D eigenvalue weighted by Crippen LogP contribution is 2.32. The molecule has 2 rings (SSSR count). The van der Waals surface area contributed by atoms with Crippen molar-refractivity contribution in [3.05, 3.63) is 42.1 Å². The lowest BCUT2D eigenvalue weighted by Crippen LogP contribution is -2.21. The van der Waals surface area contributed by atoms with Crippen molar-refractivity contribution in [2.75, 3.05) is 7.05 Å². The van der Waals surface area contributed by atoms with Gasteiger partial charge in [0.2, 0.25) is 0 Å². The zero-order chi connectivity index (χ0) is 13.3. The molecular formula is C11H11Br2IN4. The number of aromatic nitrogens is 3. The van der Waals surface area contributed by atoms with Crippen LogP contribution < -0.4 is 5.32 Å². The van der Waals surface area contributed by atoms with Crippen LogP contribution in [0.25, 0.3) is 0 Å². The van der Waals surface area contributed by atoms with Crippen LogP contribution in [0, 0.1) is 3.57 Å². The number of aryl methyl sites for hydroxylation is 1. The Morgan fingerprint density at radius 3 is 2.67 bits per heavy atom. The Morgan fingerprint density at radius 1 is 1.39 bits per heavy atom. The van der Waals surface area contributed by atoms with Gasteiger partial charge in [-0.1, -0.05) is 21.1 Å². The fourth-order valence-corrected chi connectivity index (χ4v) is 3.37. The first kappa shape index (κ1) is 14.4. The van der Waals surface area contributed by atoms with Gasteiger partial charge in [-0.25, -0.2) is 4.68 Å². The summed E-state index contributed by atoms with van der Waals surface area (Å²) in [5.41, 5.74) is 2.16. The quantitative estimate of drug-likeness (QED) is 0.679. The normalized spacial score (nSPS) is 12.7. The molecule has 96 valence electrons. The molecule has 0 aliphatic rings. The minimum absolute atomic E-state index is 0.0310. The van der Waals surface area contributed by atoms with Crippen molar-refractivity contribution in [2.24, 2.45) is 7.05 Å². The van der Waals surface area contributed by atoms with E-state index in [4.69, 9.17) is 0 Å². The van der Waals surface area contributed by atoms with Gasteiger partial charge in [-0.2, -0.15) is 0 Å². The van der Waals surface area contributed by atoms with Crippen molar-refractivity contribution in [3.63, 3.8) is 0 Å². The average Bonchev–Trinajstić information content (AvgIpc) is 2.66. The van der Waals surface area contributed by atoms with Crippen molar-refractivity contribution in [2.45, 2.75) is 6.04 Å². The van der Waals surface area contributed by atoms with Crippen molar-refractivity contribution in [3.8, 4) is 0 Å². The maximum Gasteiger partial charge on any atom is 0.153 e. The highest BCUT2D eigenvalue weighted by Gasteiger charge is 2.22. The molecule has 1 aromatic carbocycles. The van der Waals surface area contributed by atoms with Gasteiger partial charge >= 0.3 is 0 Å². The van der Waals surface area contributed by atoms with E-state index in [-0.39, 0.29) is 6.04 Å². The van der Waals surface area contributed by atoms with Crippen LogP contribution in [0.2, 0.25) is 0 Å². The van der Waals surface area contributed by atoms with E-state index in [0.29, 0.717) is 0 Å². The molecule has 0 aliphatic heterocycles. The third-order valence-electron chi connectivity index (χ3n) is 2.66. The summed E-state index contributed by atoms with van der Waals surface area (Å²) < 4.78 is 4.79. The van der Waals surface area contributed by atoms with Gasteiger partial charge in [0.05, 0.1) is 11.7 Å². The van der Waals surface area contributed by atoms with Crippen LogP contribution in [0.15, 0.2) is 27.3 Å². The molecule has 0 bridgehead atoms. The van der Waals surface area contributed by atoms with E-state index in [1.54, 1.807) is 4.68 Å². The first-order valence-corrected chi connectivity index (χ1v) is 7.88. The lowest BCUT2D eigenvalue weighted by Gasteiger charge is -2.18. The van der Waals surface area contributed by atoms with E-state index < -0.39 is 0 Å². The summed E-state index contributed by atoms with van der Waals surface area (Å²) in [5, 5.41) is 11.4. The summed E-state index contributed by atoms with van der Waals surface area (Å²) in [6, 6.07) is 6.30. The number of halogens is 3. The van der Waals surface area contributed by atoms with Gasteiger partial charge in [0, 0.05) is 15.1 Å². The lowest BCUT2D eigenvalue weighted by molar-refractivity contribution is 0.595. The van der Waals surface area contributed by atoms with Gasteiger partial charge in [0.25, 0.3) is 0 Å². The molecule has 1 N–H and O–H groups in total. The van der Waals surface area contributed by atoms with Crippen LogP contribution in [0.1, 0.15) is 17.3 Å². The monoisotopic (exact) mass is 484 g/mol. The molecule has 7 heteroatoms. The smallest absolute Gasteiger partial charge is 0.153 e. The minimum atomic E-state index is 0.0310.